The number of nitrogens with one attached hydrogen (secondary N) is 3. The smallest absolute Gasteiger partial charge is 0.321 e. The van der Waals surface area contributed by atoms with Gasteiger partial charge in [0.2, 0.25) is 5.91 Å². The first-order chi connectivity index (χ1) is 15.6. The molecule has 8 nitrogen and oxygen atoms in total. The summed E-state index contributed by atoms with van der Waals surface area (Å²) in [5, 5.41) is 15.8. The number of benzene rings is 2. The molecule has 0 aliphatic carbocycles. The molecule has 0 saturated carbocycles. The molecule has 0 radical (unpaired) electrons. The van der Waals surface area contributed by atoms with Crippen molar-refractivity contribution in [1.29, 1.82) is 0 Å². The van der Waals surface area contributed by atoms with E-state index >= 15 is 0 Å². The highest BCUT2D eigenvalue weighted by Crippen LogP contribution is 2.32. The predicted octanol–water partition coefficient (Wildman–Crippen LogP) is 4.40. The molecule has 0 saturated heterocycles. The van der Waals surface area contributed by atoms with Gasteiger partial charge < -0.3 is 10.3 Å². The summed E-state index contributed by atoms with van der Waals surface area (Å²) in [5.74, 6) is 0.232. The molecule has 0 unspecified atom stereocenters. The number of para-hydroxylation sites is 1. The van der Waals surface area contributed by atoms with Crippen molar-refractivity contribution in [3.8, 4) is 17.1 Å². The van der Waals surface area contributed by atoms with Crippen LogP contribution in [-0.2, 0) is 4.79 Å². The highest BCUT2D eigenvalue weighted by Gasteiger charge is 2.20. The lowest BCUT2D eigenvalue weighted by Crippen LogP contribution is -2.40. The Labute approximate surface area is 193 Å². The van der Waals surface area contributed by atoms with Crippen molar-refractivity contribution in [2.24, 2.45) is 0 Å². The number of aromatic amines is 1. The summed E-state index contributed by atoms with van der Waals surface area (Å²) < 4.78 is 1.88. The van der Waals surface area contributed by atoms with E-state index < -0.39 is 11.9 Å². The van der Waals surface area contributed by atoms with Gasteiger partial charge in [-0.05, 0) is 36.8 Å². The van der Waals surface area contributed by atoms with E-state index in [1.54, 1.807) is 12.1 Å². The van der Waals surface area contributed by atoms with E-state index in [1.807, 2.05) is 54.1 Å². The lowest BCUT2D eigenvalue weighted by Gasteiger charge is -2.10. The molecule has 0 spiro atoms. The summed E-state index contributed by atoms with van der Waals surface area (Å²) in [6, 6.07) is 14.7. The number of fused-ring (bicyclic) bond motifs is 1. The van der Waals surface area contributed by atoms with E-state index in [-0.39, 0.29) is 5.75 Å². The minimum absolute atomic E-state index is 0.0130. The molecule has 0 fully saturated rings. The van der Waals surface area contributed by atoms with Crippen molar-refractivity contribution in [3.63, 3.8) is 0 Å². The number of nitrogens with zero attached hydrogens (tertiary/aromatic N) is 3. The van der Waals surface area contributed by atoms with Crippen LogP contribution < -0.4 is 10.6 Å². The zero-order chi connectivity index (χ0) is 22.5. The quantitative estimate of drug-likeness (QED) is 0.349. The molecule has 4 aromatic rings. The van der Waals surface area contributed by atoms with Crippen LogP contribution in [0.15, 0.2) is 59.9 Å². The van der Waals surface area contributed by atoms with Crippen molar-refractivity contribution in [1.82, 2.24) is 30.4 Å². The fourth-order valence-corrected chi connectivity index (χ4v) is 4.07. The average molecular weight is 469 g/mol. The number of urea groups is 1. The molecule has 0 atom stereocenters. The fraction of sp³-hybridized carbons (Fsp3) is 0.182. The van der Waals surface area contributed by atoms with E-state index in [4.69, 9.17) is 11.6 Å². The summed E-state index contributed by atoms with van der Waals surface area (Å²) in [7, 11) is 0. The zero-order valence-corrected chi connectivity index (χ0v) is 18.8. The highest BCUT2D eigenvalue weighted by molar-refractivity contribution is 7.99. The summed E-state index contributed by atoms with van der Waals surface area (Å²) in [4.78, 5) is 27.2. The number of hydrogen-bond donors (Lipinski definition) is 3. The van der Waals surface area contributed by atoms with Gasteiger partial charge in [0.25, 0.3) is 0 Å². The number of amides is 3. The van der Waals surface area contributed by atoms with Gasteiger partial charge in [0.1, 0.15) is 0 Å². The van der Waals surface area contributed by atoms with Gasteiger partial charge in [0.15, 0.2) is 11.0 Å². The van der Waals surface area contributed by atoms with Crippen LogP contribution in [0.4, 0.5) is 4.79 Å². The molecule has 2 heterocycles. The number of hydrogen-bond acceptors (Lipinski definition) is 5. The Balaban J connectivity index is 1.64. The third kappa shape index (κ3) is 4.79. The standard InChI is InChI=1S/C22H21ClN6O2S/c1-2-11-24-21(31)26-19(30)13-32-22-28-27-20(29(22)15-9-7-14(23)8-10-15)17-12-25-18-6-4-3-5-16(17)18/h3-10,12,25H,2,11,13H2,1H3,(H2,24,26,30,31). The predicted molar refractivity (Wildman–Crippen MR) is 126 cm³/mol. The molecule has 3 N–H and O–H groups in total. The molecule has 3 amide bonds. The molecule has 10 heteroatoms. The minimum Gasteiger partial charge on any atom is -0.360 e. The molecule has 0 bridgehead atoms. The largest absolute Gasteiger partial charge is 0.360 e. The Bertz CT molecular complexity index is 1250. The van der Waals surface area contributed by atoms with E-state index in [9.17, 15) is 9.59 Å². The number of aromatic nitrogens is 4. The highest BCUT2D eigenvalue weighted by atomic mass is 35.5. The first kappa shape index (κ1) is 21.9. The summed E-state index contributed by atoms with van der Waals surface area (Å²) in [6.07, 6.45) is 2.68. The van der Waals surface area contributed by atoms with Crippen molar-refractivity contribution >= 4 is 46.2 Å². The van der Waals surface area contributed by atoms with Gasteiger partial charge >= 0.3 is 6.03 Å². The topological polar surface area (TPSA) is 105 Å². The van der Waals surface area contributed by atoms with Gasteiger partial charge in [-0.15, -0.1) is 10.2 Å². The number of imide groups is 1. The van der Waals surface area contributed by atoms with Gasteiger partial charge in [-0.1, -0.05) is 48.5 Å². The van der Waals surface area contributed by atoms with E-state index in [1.165, 1.54) is 11.8 Å². The normalized spacial score (nSPS) is 10.9. The fourth-order valence-electron chi connectivity index (χ4n) is 3.19. The Morgan fingerprint density at radius 2 is 1.91 bits per heavy atom. The second kappa shape index (κ2) is 9.88. The molecule has 32 heavy (non-hydrogen) atoms. The van der Waals surface area contributed by atoms with Gasteiger partial charge in [0, 0.05) is 39.9 Å². The maximum atomic E-state index is 12.2. The zero-order valence-electron chi connectivity index (χ0n) is 17.3. The van der Waals surface area contributed by atoms with Crippen LogP contribution >= 0.6 is 23.4 Å². The second-order valence-electron chi connectivity index (χ2n) is 6.96. The third-order valence-corrected chi connectivity index (χ3v) is 5.85. The lowest BCUT2D eigenvalue weighted by molar-refractivity contribution is -0.117. The van der Waals surface area contributed by atoms with Crippen molar-refractivity contribution < 1.29 is 9.59 Å². The first-order valence-electron chi connectivity index (χ1n) is 10.0. The molecule has 2 aromatic carbocycles. The van der Waals surface area contributed by atoms with Crippen LogP contribution in [0.2, 0.25) is 5.02 Å². The monoisotopic (exact) mass is 468 g/mol. The van der Waals surface area contributed by atoms with Crippen LogP contribution in [0.3, 0.4) is 0 Å². The number of H-pyrrole nitrogens is 1. The minimum atomic E-state index is -0.504. The van der Waals surface area contributed by atoms with Crippen molar-refractivity contribution in [3.05, 3.63) is 59.8 Å². The molecule has 0 aliphatic heterocycles. The molecule has 164 valence electrons. The van der Waals surface area contributed by atoms with Gasteiger partial charge in [-0.2, -0.15) is 0 Å². The van der Waals surface area contributed by atoms with Crippen molar-refractivity contribution in [2.75, 3.05) is 12.3 Å². The summed E-state index contributed by atoms with van der Waals surface area (Å²) >= 11 is 7.27. The Kier molecular flexibility index (Phi) is 6.77. The lowest BCUT2D eigenvalue weighted by atomic mass is 10.1. The molecule has 4 rings (SSSR count). The molecular weight excluding hydrogens is 448 g/mol. The van der Waals surface area contributed by atoms with Crippen molar-refractivity contribution in [2.45, 2.75) is 18.5 Å². The Morgan fingerprint density at radius 1 is 1.12 bits per heavy atom. The van der Waals surface area contributed by atoms with Crippen LogP contribution in [0, 0.1) is 0 Å². The number of thioether (sulfide) groups is 1. The van der Waals surface area contributed by atoms with Crippen LogP contribution in [0.5, 0.6) is 0 Å². The summed E-state index contributed by atoms with van der Waals surface area (Å²) in [5.41, 5.74) is 2.68. The van der Waals surface area contributed by atoms with E-state index in [0.29, 0.717) is 22.5 Å². The summed E-state index contributed by atoms with van der Waals surface area (Å²) in [6.45, 7) is 2.44. The van der Waals surface area contributed by atoms with Crippen LogP contribution in [0.1, 0.15) is 13.3 Å². The maximum absolute atomic E-state index is 12.2. The molecule has 0 aliphatic rings. The van der Waals surface area contributed by atoms with Gasteiger partial charge in [0.05, 0.1) is 5.75 Å². The average Bonchev–Trinajstić information content (AvgIpc) is 3.40. The number of rotatable bonds is 7. The molecular formula is C22H21ClN6O2S. The van der Waals surface area contributed by atoms with E-state index in [0.717, 1.165) is 28.6 Å². The van der Waals surface area contributed by atoms with E-state index in [2.05, 4.69) is 25.8 Å². The SMILES string of the molecule is CCCNC(=O)NC(=O)CSc1nnc(-c2c[nH]c3ccccc23)n1-c1ccc(Cl)cc1. The van der Waals surface area contributed by atoms with Gasteiger partial charge in [-0.3, -0.25) is 14.7 Å². The number of carbonyl (C=O) groups excluding carboxylic acids is 2. The van der Waals surface area contributed by atoms with Crippen LogP contribution in [-0.4, -0.2) is 44.0 Å². The third-order valence-electron chi connectivity index (χ3n) is 4.67. The van der Waals surface area contributed by atoms with Gasteiger partial charge in [-0.25, -0.2) is 4.79 Å². The first-order valence-corrected chi connectivity index (χ1v) is 11.4. The second-order valence-corrected chi connectivity index (χ2v) is 8.34. The Hall–Kier alpha value is -3.30. The molecule has 2 aromatic heterocycles. The number of carbonyl (C=O) groups is 2. The number of halogens is 1. The van der Waals surface area contributed by atoms with Crippen LogP contribution in [0.25, 0.3) is 28.0 Å². The maximum Gasteiger partial charge on any atom is 0.321 e. The Morgan fingerprint density at radius 3 is 2.69 bits per heavy atom.